The number of halogens is 1. The Bertz CT molecular complexity index is 579. The molecule has 0 aromatic heterocycles. The highest BCUT2D eigenvalue weighted by molar-refractivity contribution is 5.87. The van der Waals surface area contributed by atoms with Gasteiger partial charge in [-0.1, -0.05) is 6.92 Å². The van der Waals surface area contributed by atoms with Crippen molar-refractivity contribution in [2.45, 2.75) is 39.4 Å². The third-order valence-corrected chi connectivity index (χ3v) is 3.65. The normalized spacial score (nSPS) is 18.2. The molecule has 0 bridgehead atoms. The molecule has 1 heterocycles. The molecule has 1 saturated heterocycles. The zero-order chi connectivity index (χ0) is 16.8. The minimum atomic E-state index is -0.416. The van der Waals surface area contributed by atoms with Crippen molar-refractivity contribution in [3.05, 3.63) is 40.7 Å². The number of carbonyl (C=O) groups excluding carboxylic acids is 1. The first-order chi connectivity index (χ1) is 11.0. The smallest absolute Gasteiger partial charge is 0.330 e. The molecule has 1 aliphatic heterocycles. The fourth-order valence-electron chi connectivity index (χ4n) is 2.31. The second-order valence-electron chi connectivity index (χ2n) is 5.50. The highest BCUT2D eigenvalue weighted by Crippen LogP contribution is 2.29. The summed E-state index contributed by atoms with van der Waals surface area (Å²) in [6, 6.07) is 3.21. The van der Waals surface area contributed by atoms with Crippen LogP contribution in [0, 0.1) is 12.7 Å². The summed E-state index contributed by atoms with van der Waals surface area (Å²) < 4.78 is 29.9. The van der Waals surface area contributed by atoms with Crippen LogP contribution < -0.4 is 0 Å². The first kappa shape index (κ1) is 17.6. The number of rotatable bonds is 8. The van der Waals surface area contributed by atoms with Gasteiger partial charge in [-0.25, -0.2) is 9.18 Å². The molecule has 1 aliphatic rings. The van der Waals surface area contributed by atoms with Crippen LogP contribution in [0.2, 0.25) is 0 Å². The van der Waals surface area contributed by atoms with Gasteiger partial charge in [-0.3, -0.25) is 0 Å². The molecule has 2 atom stereocenters. The van der Waals surface area contributed by atoms with Gasteiger partial charge in [-0.2, -0.15) is 0 Å². The molecule has 0 spiro atoms. The molecule has 1 aromatic carbocycles. The predicted octanol–water partition coefficient (Wildman–Crippen LogP) is 3.58. The number of epoxide rings is 1. The number of hydrogen-bond donors (Lipinski definition) is 0. The highest BCUT2D eigenvalue weighted by Gasteiger charge is 2.25. The van der Waals surface area contributed by atoms with E-state index in [1.54, 1.807) is 26.0 Å². The number of ether oxygens (including phenoxy) is 3. The van der Waals surface area contributed by atoms with Gasteiger partial charge in [0.15, 0.2) is 0 Å². The molecule has 0 radical (unpaired) electrons. The van der Waals surface area contributed by atoms with Crippen LogP contribution in [-0.2, 0) is 19.0 Å². The zero-order valence-electron chi connectivity index (χ0n) is 13.8. The van der Waals surface area contributed by atoms with Gasteiger partial charge < -0.3 is 14.2 Å². The third-order valence-electron chi connectivity index (χ3n) is 3.65. The molecule has 0 unspecified atom stereocenters. The second-order valence-corrected chi connectivity index (χ2v) is 5.50. The standard InChI is InChI=1S/C18H23FO4/c1-4-17(23-11-14-10-22-14)15-9-16(19)12(3)8-13(15)6-7-18(20)21-5-2/h6-9,14,17H,4-5,10-11H2,1-3H3/t14-,17-/m1/s1. The Labute approximate surface area is 136 Å². The van der Waals surface area contributed by atoms with Crippen LogP contribution in [0.15, 0.2) is 18.2 Å². The molecule has 1 fully saturated rings. The lowest BCUT2D eigenvalue weighted by molar-refractivity contribution is -0.137. The molecule has 4 nitrogen and oxygen atoms in total. The van der Waals surface area contributed by atoms with Gasteiger partial charge in [-0.05, 0) is 55.2 Å². The van der Waals surface area contributed by atoms with Crippen LogP contribution >= 0.6 is 0 Å². The summed E-state index contributed by atoms with van der Waals surface area (Å²) in [5.41, 5.74) is 2.02. The molecule has 23 heavy (non-hydrogen) atoms. The van der Waals surface area contributed by atoms with Crippen molar-refractivity contribution in [2.24, 2.45) is 0 Å². The van der Waals surface area contributed by atoms with Crippen LogP contribution in [0.25, 0.3) is 6.08 Å². The summed E-state index contributed by atoms with van der Waals surface area (Å²) in [6.07, 6.45) is 3.62. The fraction of sp³-hybridized carbons (Fsp3) is 0.500. The Hall–Kier alpha value is -1.72. The van der Waals surface area contributed by atoms with E-state index in [1.807, 2.05) is 6.92 Å². The zero-order valence-corrected chi connectivity index (χ0v) is 13.8. The number of esters is 1. The van der Waals surface area contributed by atoms with E-state index in [0.29, 0.717) is 31.8 Å². The minimum Gasteiger partial charge on any atom is -0.463 e. The van der Waals surface area contributed by atoms with Crippen LogP contribution in [0.3, 0.4) is 0 Å². The van der Waals surface area contributed by atoms with Crippen molar-refractivity contribution in [1.82, 2.24) is 0 Å². The van der Waals surface area contributed by atoms with Crippen molar-refractivity contribution < 1.29 is 23.4 Å². The summed E-state index contributed by atoms with van der Waals surface area (Å²) in [5, 5.41) is 0. The number of benzene rings is 1. The van der Waals surface area contributed by atoms with Gasteiger partial charge in [0.1, 0.15) is 11.9 Å². The van der Waals surface area contributed by atoms with E-state index in [1.165, 1.54) is 12.1 Å². The first-order valence-electron chi connectivity index (χ1n) is 7.93. The summed E-state index contributed by atoms with van der Waals surface area (Å²) in [5.74, 6) is -0.696. The SMILES string of the molecule is CCOC(=O)C=Cc1cc(C)c(F)cc1[C@@H](CC)OC[C@H]1CO1. The quantitative estimate of drug-likeness (QED) is 0.417. The predicted molar refractivity (Wildman–Crippen MR) is 85.5 cm³/mol. The van der Waals surface area contributed by atoms with Gasteiger partial charge in [0.25, 0.3) is 0 Å². The Balaban J connectivity index is 2.23. The number of hydrogen-bond acceptors (Lipinski definition) is 4. The van der Waals surface area contributed by atoms with E-state index in [0.717, 1.165) is 11.1 Å². The lowest BCUT2D eigenvalue weighted by Gasteiger charge is -2.19. The van der Waals surface area contributed by atoms with Crippen molar-refractivity contribution in [3.8, 4) is 0 Å². The first-order valence-corrected chi connectivity index (χ1v) is 7.93. The summed E-state index contributed by atoms with van der Waals surface area (Å²) in [7, 11) is 0. The Morgan fingerprint density at radius 1 is 1.48 bits per heavy atom. The lowest BCUT2D eigenvalue weighted by atomic mass is 9.97. The summed E-state index contributed by atoms with van der Waals surface area (Å²) in [4.78, 5) is 11.5. The highest BCUT2D eigenvalue weighted by atomic mass is 19.1. The van der Waals surface area contributed by atoms with Crippen molar-refractivity contribution in [1.29, 1.82) is 0 Å². The van der Waals surface area contributed by atoms with Crippen LogP contribution in [0.5, 0.6) is 0 Å². The van der Waals surface area contributed by atoms with Crippen LogP contribution in [0.4, 0.5) is 4.39 Å². The maximum absolute atomic E-state index is 14.0. The molecule has 5 heteroatoms. The Kier molecular flexibility index (Phi) is 6.30. The number of carbonyl (C=O) groups is 1. The van der Waals surface area contributed by atoms with Gasteiger partial charge >= 0.3 is 5.97 Å². The maximum atomic E-state index is 14.0. The van der Waals surface area contributed by atoms with E-state index in [4.69, 9.17) is 14.2 Å². The van der Waals surface area contributed by atoms with E-state index >= 15 is 0 Å². The van der Waals surface area contributed by atoms with E-state index in [2.05, 4.69) is 0 Å². The summed E-state index contributed by atoms with van der Waals surface area (Å²) >= 11 is 0. The summed E-state index contributed by atoms with van der Waals surface area (Å²) in [6.45, 7) is 6.96. The molecule has 2 rings (SSSR count). The topological polar surface area (TPSA) is 48.1 Å². The van der Waals surface area contributed by atoms with Crippen LogP contribution in [-0.4, -0.2) is 31.9 Å². The second kappa shape index (κ2) is 8.22. The molecule has 126 valence electrons. The third kappa shape index (κ3) is 5.15. The molecule has 0 aliphatic carbocycles. The van der Waals surface area contributed by atoms with Gasteiger partial charge in [0.2, 0.25) is 0 Å². The molecule has 0 N–H and O–H groups in total. The molecule has 0 saturated carbocycles. The van der Waals surface area contributed by atoms with Gasteiger partial charge in [-0.15, -0.1) is 0 Å². The fourth-order valence-corrected chi connectivity index (χ4v) is 2.31. The van der Waals surface area contributed by atoms with Crippen molar-refractivity contribution in [2.75, 3.05) is 19.8 Å². The van der Waals surface area contributed by atoms with Crippen molar-refractivity contribution in [3.63, 3.8) is 0 Å². The van der Waals surface area contributed by atoms with Gasteiger partial charge in [0.05, 0.1) is 25.9 Å². The van der Waals surface area contributed by atoms with Crippen molar-refractivity contribution >= 4 is 12.0 Å². The Morgan fingerprint density at radius 3 is 2.83 bits per heavy atom. The molecule has 1 aromatic rings. The molecular weight excluding hydrogens is 299 g/mol. The largest absolute Gasteiger partial charge is 0.463 e. The van der Waals surface area contributed by atoms with Gasteiger partial charge in [0, 0.05) is 6.08 Å². The van der Waals surface area contributed by atoms with E-state index in [-0.39, 0.29) is 18.0 Å². The average Bonchev–Trinajstić information content (AvgIpc) is 3.34. The maximum Gasteiger partial charge on any atom is 0.330 e. The minimum absolute atomic E-state index is 0.151. The van der Waals surface area contributed by atoms with Crippen LogP contribution in [0.1, 0.15) is 43.1 Å². The van der Waals surface area contributed by atoms with E-state index in [9.17, 15) is 9.18 Å². The molecule has 0 amide bonds. The number of aryl methyl sites for hydroxylation is 1. The Morgan fingerprint density at radius 2 is 2.22 bits per heavy atom. The van der Waals surface area contributed by atoms with E-state index < -0.39 is 5.97 Å². The average molecular weight is 322 g/mol. The monoisotopic (exact) mass is 322 g/mol. The molecular formula is C18H23FO4. The lowest BCUT2D eigenvalue weighted by Crippen LogP contribution is -2.10.